The summed E-state index contributed by atoms with van der Waals surface area (Å²) in [5.74, 6) is 0. The molecule has 2 unspecified atom stereocenters. The number of aliphatic hydroxyl groups excluding tert-OH is 1. The van der Waals surface area contributed by atoms with Gasteiger partial charge in [0.15, 0.2) is 16.6 Å². The summed E-state index contributed by atoms with van der Waals surface area (Å²) in [5.41, 5.74) is 0. The number of rotatable bonds is 50. The molecule has 0 radical (unpaired) electrons. The highest BCUT2D eigenvalue weighted by molar-refractivity contribution is 6.71. The normalized spacial score (nSPS) is 13.5. The summed E-state index contributed by atoms with van der Waals surface area (Å²) in [7, 11) is -3.43. The molecular weight excluding hydrogens is 775 g/mol. The largest absolute Gasteiger partial charge is 0.396 e. The lowest BCUT2D eigenvalue weighted by molar-refractivity contribution is -0.0929. The van der Waals surface area contributed by atoms with Crippen LogP contribution >= 0.6 is 0 Å². The number of hydrogen-bond acceptors (Lipinski definition) is 6. The fourth-order valence-electron chi connectivity index (χ4n) is 8.47. The molecule has 0 aromatic heterocycles. The fraction of sp³-hybridized carbons (Fsp3) is 1.00. The predicted octanol–water partition coefficient (Wildman–Crippen LogP) is 16.8. The molecule has 0 saturated heterocycles. The van der Waals surface area contributed by atoms with Gasteiger partial charge in [0.05, 0.1) is 0 Å². The second kappa shape index (κ2) is 44.4. The standard InChI is InChI=1S/C52H111NO5Si2/c1-9-13-17-21-23-25-31-41-51(57-59(5,6)49-39-19-15-11-3)55-47-37-29-27-33-43-53(45-35-36-46-54)44-34-28-30-38-48-56-52(42-32-26-24-22-18-14-10-2)58-60(7,8)50-40-20-16-12-4/h51-52,54H,9-50H2,1-8H3. The summed E-state index contributed by atoms with van der Waals surface area (Å²) < 4.78 is 26.6. The minimum atomic E-state index is -1.72. The summed E-state index contributed by atoms with van der Waals surface area (Å²) in [6.07, 6.45) is 43.1. The highest BCUT2D eigenvalue weighted by Crippen LogP contribution is 2.24. The molecule has 0 saturated carbocycles. The van der Waals surface area contributed by atoms with E-state index in [4.69, 9.17) is 18.3 Å². The molecule has 1 N–H and O–H groups in total. The molecule has 0 aromatic carbocycles. The number of aliphatic hydroxyl groups is 1. The predicted molar refractivity (Wildman–Crippen MR) is 269 cm³/mol. The average Bonchev–Trinajstić information content (AvgIpc) is 3.21. The summed E-state index contributed by atoms with van der Waals surface area (Å²) in [5, 5.41) is 9.43. The van der Waals surface area contributed by atoms with E-state index >= 15 is 0 Å². The van der Waals surface area contributed by atoms with Gasteiger partial charge in [-0.2, -0.15) is 0 Å². The first-order valence-corrected chi connectivity index (χ1v) is 33.3. The van der Waals surface area contributed by atoms with Crippen molar-refractivity contribution in [2.24, 2.45) is 0 Å². The number of hydrogen-bond donors (Lipinski definition) is 1. The van der Waals surface area contributed by atoms with E-state index in [2.05, 4.69) is 58.8 Å². The molecule has 362 valence electrons. The number of ether oxygens (including phenoxy) is 2. The van der Waals surface area contributed by atoms with Crippen LogP contribution in [0.1, 0.15) is 246 Å². The summed E-state index contributed by atoms with van der Waals surface area (Å²) >= 11 is 0. The molecule has 2 atom stereocenters. The minimum absolute atomic E-state index is 0.00866. The minimum Gasteiger partial charge on any atom is -0.396 e. The molecule has 60 heavy (non-hydrogen) atoms. The van der Waals surface area contributed by atoms with Crippen LogP contribution in [0.2, 0.25) is 38.3 Å². The molecular formula is C52H111NO5Si2. The van der Waals surface area contributed by atoms with Crippen LogP contribution in [0.5, 0.6) is 0 Å². The van der Waals surface area contributed by atoms with Gasteiger partial charge >= 0.3 is 0 Å². The van der Waals surface area contributed by atoms with Gasteiger partial charge < -0.3 is 28.3 Å². The van der Waals surface area contributed by atoms with Gasteiger partial charge in [0.2, 0.25) is 0 Å². The maximum Gasteiger partial charge on any atom is 0.190 e. The van der Waals surface area contributed by atoms with Gasteiger partial charge in [0.25, 0.3) is 0 Å². The Morgan fingerprint density at radius 3 is 1.03 bits per heavy atom. The smallest absolute Gasteiger partial charge is 0.190 e. The Morgan fingerprint density at radius 2 is 0.667 bits per heavy atom. The lowest BCUT2D eigenvalue weighted by atomic mass is 10.1. The molecule has 0 heterocycles. The molecule has 0 bridgehead atoms. The van der Waals surface area contributed by atoms with Crippen LogP contribution in [0.25, 0.3) is 0 Å². The molecule has 6 nitrogen and oxygen atoms in total. The van der Waals surface area contributed by atoms with Crippen LogP contribution in [0.15, 0.2) is 0 Å². The SMILES string of the molecule is CCCCCCCCCC(OCCCCCCN(CCCCO)CCCCCCOC(CCCCCCCCC)O[Si](C)(C)CCCCCC)O[Si](C)(C)CCCCCC. The van der Waals surface area contributed by atoms with Crippen molar-refractivity contribution in [1.29, 1.82) is 0 Å². The van der Waals surface area contributed by atoms with Gasteiger partial charge in [-0.1, -0.05) is 182 Å². The van der Waals surface area contributed by atoms with E-state index in [0.29, 0.717) is 6.61 Å². The van der Waals surface area contributed by atoms with Gasteiger partial charge in [-0.3, -0.25) is 0 Å². The number of unbranched alkanes of at least 4 members (excludes halogenated alkanes) is 25. The molecule has 0 amide bonds. The molecule has 0 rings (SSSR count). The Balaban J connectivity index is 4.65. The van der Waals surface area contributed by atoms with E-state index in [1.165, 1.54) is 205 Å². The van der Waals surface area contributed by atoms with Crippen molar-refractivity contribution >= 4 is 16.6 Å². The quantitative estimate of drug-likeness (QED) is 0.0373. The Hall–Kier alpha value is 0.194. The van der Waals surface area contributed by atoms with Crippen LogP contribution in [0.3, 0.4) is 0 Å². The summed E-state index contributed by atoms with van der Waals surface area (Å²) in [6, 6.07) is 2.50. The van der Waals surface area contributed by atoms with Crippen molar-refractivity contribution in [3.63, 3.8) is 0 Å². The van der Waals surface area contributed by atoms with Gasteiger partial charge in [-0.25, -0.2) is 0 Å². The Bertz CT molecular complexity index is 787. The fourth-order valence-corrected chi connectivity index (χ4v) is 12.7. The molecule has 0 aromatic rings. The second-order valence-corrected chi connectivity index (χ2v) is 28.4. The Morgan fingerprint density at radius 1 is 0.367 bits per heavy atom. The molecule has 0 fully saturated rings. The zero-order valence-electron chi connectivity index (χ0n) is 42.4. The first-order valence-electron chi connectivity index (χ1n) is 27.0. The molecule has 8 heteroatoms. The van der Waals surface area contributed by atoms with E-state index in [-0.39, 0.29) is 12.6 Å². The monoisotopic (exact) mass is 886 g/mol. The lowest BCUT2D eigenvalue weighted by Crippen LogP contribution is -2.37. The van der Waals surface area contributed by atoms with E-state index in [0.717, 1.165) is 58.3 Å². The Labute approximate surface area is 379 Å². The third-order valence-corrected chi connectivity index (χ3v) is 17.4. The Kier molecular flexibility index (Phi) is 44.5. The topological polar surface area (TPSA) is 60.4 Å². The zero-order valence-corrected chi connectivity index (χ0v) is 44.4. The van der Waals surface area contributed by atoms with E-state index in [1.54, 1.807) is 0 Å². The van der Waals surface area contributed by atoms with Gasteiger partial charge in [-0.05, 0) is 122 Å². The summed E-state index contributed by atoms with van der Waals surface area (Å²) in [4.78, 5) is 2.67. The van der Waals surface area contributed by atoms with E-state index < -0.39 is 16.6 Å². The van der Waals surface area contributed by atoms with Crippen molar-refractivity contribution in [1.82, 2.24) is 4.90 Å². The highest BCUT2D eigenvalue weighted by atomic mass is 28.4. The van der Waals surface area contributed by atoms with Crippen LogP contribution in [0.4, 0.5) is 0 Å². The average molecular weight is 887 g/mol. The van der Waals surface area contributed by atoms with Crippen LogP contribution in [-0.2, 0) is 18.3 Å². The third kappa shape index (κ3) is 42.2. The number of nitrogens with zero attached hydrogens (tertiary/aromatic N) is 1. The summed E-state index contributed by atoms with van der Waals surface area (Å²) in [6.45, 7) is 24.2. The maximum absolute atomic E-state index is 9.43. The van der Waals surface area contributed by atoms with Crippen LogP contribution < -0.4 is 0 Å². The van der Waals surface area contributed by atoms with Gasteiger partial charge in [-0.15, -0.1) is 0 Å². The highest BCUT2D eigenvalue weighted by Gasteiger charge is 2.28. The van der Waals surface area contributed by atoms with Crippen molar-refractivity contribution in [3.05, 3.63) is 0 Å². The van der Waals surface area contributed by atoms with E-state index in [9.17, 15) is 5.11 Å². The molecule has 0 spiro atoms. The first kappa shape index (κ1) is 60.2. The van der Waals surface area contributed by atoms with Gasteiger partial charge in [0, 0.05) is 19.8 Å². The first-order chi connectivity index (χ1) is 29.1. The maximum atomic E-state index is 9.43. The van der Waals surface area contributed by atoms with Crippen molar-refractivity contribution in [2.75, 3.05) is 39.5 Å². The van der Waals surface area contributed by atoms with Crippen LogP contribution in [-0.4, -0.2) is 78.7 Å². The van der Waals surface area contributed by atoms with Crippen molar-refractivity contribution < 1.29 is 23.4 Å². The van der Waals surface area contributed by atoms with Gasteiger partial charge in [0.1, 0.15) is 12.6 Å². The molecule has 0 aliphatic heterocycles. The lowest BCUT2D eigenvalue weighted by Gasteiger charge is -2.29. The molecule has 0 aliphatic rings. The molecule has 0 aliphatic carbocycles. The van der Waals surface area contributed by atoms with Crippen molar-refractivity contribution in [3.8, 4) is 0 Å². The zero-order chi connectivity index (χ0) is 44.3. The van der Waals surface area contributed by atoms with E-state index in [1.807, 2.05) is 0 Å². The second-order valence-electron chi connectivity index (χ2n) is 19.9. The third-order valence-electron chi connectivity index (χ3n) is 12.5. The van der Waals surface area contributed by atoms with Crippen LogP contribution in [0, 0.1) is 0 Å². The van der Waals surface area contributed by atoms with Crippen molar-refractivity contribution in [2.45, 2.75) is 297 Å².